The Morgan fingerprint density at radius 1 is 1.11 bits per heavy atom. The van der Waals surface area contributed by atoms with Crippen molar-refractivity contribution in [2.75, 3.05) is 0 Å². The number of hydrogen-bond donors (Lipinski definition) is 0. The summed E-state index contributed by atoms with van der Waals surface area (Å²) in [6, 6.07) is 2.56. The zero-order valence-electron chi connectivity index (χ0n) is 11.6. The third kappa shape index (κ3) is 2.70. The molecule has 5 unspecified atom stereocenters. The topological polar surface area (TPSA) is 9.23 Å². The van der Waals surface area contributed by atoms with E-state index in [0.29, 0.717) is 17.0 Å². The van der Waals surface area contributed by atoms with Gasteiger partial charge in [-0.1, -0.05) is 22.9 Å². The van der Waals surface area contributed by atoms with E-state index in [0.717, 1.165) is 6.07 Å². The first-order chi connectivity index (χ1) is 8.82. The standard InChI is InChI=1S/C15H19BrF2O/c1-7-5-11(13(18)6-12(7)17)15(16)14-8(2)9(3)19-10(14)4/h5-6,8-10,14-15H,1-4H3. The zero-order valence-corrected chi connectivity index (χ0v) is 13.2. The third-order valence-electron chi connectivity index (χ3n) is 4.23. The van der Waals surface area contributed by atoms with E-state index in [1.165, 1.54) is 0 Å². The number of aryl methyl sites for hydroxylation is 1. The molecule has 106 valence electrons. The first kappa shape index (κ1) is 14.9. The summed E-state index contributed by atoms with van der Waals surface area (Å²) in [6.45, 7) is 7.81. The Morgan fingerprint density at radius 3 is 2.26 bits per heavy atom. The predicted molar refractivity (Wildman–Crippen MR) is 75.4 cm³/mol. The molecule has 0 bridgehead atoms. The van der Waals surface area contributed by atoms with Gasteiger partial charge in [0.05, 0.1) is 12.2 Å². The summed E-state index contributed by atoms with van der Waals surface area (Å²) >= 11 is 3.59. The maximum Gasteiger partial charge on any atom is 0.130 e. The molecule has 1 aromatic carbocycles. The molecule has 2 rings (SSSR count). The van der Waals surface area contributed by atoms with Gasteiger partial charge in [-0.3, -0.25) is 0 Å². The first-order valence-electron chi connectivity index (χ1n) is 6.58. The number of alkyl halides is 1. The van der Waals surface area contributed by atoms with Crippen molar-refractivity contribution in [1.82, 2.24) is 0 Å². The molecule has 1 fully saturated rings. The summed E-state index contributed by atoms with van der Waals surface area (Å²) in [7, 11) is 0. The van der Waals surface area contributed by atoms with Gasteiger partial charge in [0.15, 0.2) is 0 Å². The number of hydrogen-bond acceptors (Lipinski definition) is 1. The van der Waals surface area contributed by atoms with Gasteiger partial charge in [0.25, 0.3) is 0 Å². The van der Waals surface area contributed by atoms with Gasteiger partial charge in [-0.2, -0.15) is 0 Å². The fourth-order valence-corrected chi connectivity index (χ4v) is 4.16. The highest BCUT2D eigenvalue weighted by Crippen LogP contribution is 2.45. The molecule has 0 radical (unpaired) electrons. The van der Waals surface area contributed by atoms with Crippen molar-refractivity contribution < 1.29 is 13.5 Å². The molecule has 1 aliphatic rings. The number of benzene rings is 1. The Kier molecular flexibility index (Phi) is 4.31. The Hall–Kier alpha value is -0.480. The summed E-state index contributed by atoms with van der Waals surface area (Å²) in [5.41, 5.74) is 0.980. The maximum absolute atomic E-state index is 14.0. The lowest BCUT2D eigenvalue weighted by molar-refractivity contribution is 0.0510. The van der Waals surface area contributed by atoms with Crippen LogP contribution in [0.2, 0.25) is 0 Å². The second kappa shape index (κ2) is 5.49. The predicted octanol–water partition coefficient (Wildman–Crippen LogP) is 4.77. The van der Waals surface area contributed by atoms with Gasteiger partial charge in [-0.25, -0.2) is 8.78 Å². The van der Waals surface area contributed by atoms with Gasteiger partial charge in [-0.05, 0) is 38.3 Å². The molecule has 0 amide bonds. The van der Waals surface area contributed by atoms with E-state index in [1.807, 2.05) is 13.8 Å². The van der Waals surface area contributed by atoms with Crippen molar-refractivity contribution in [1.29, 1.82) is 0 Å². The molecule has 4 heteroatoms. The Morgan fingerprint density at radius 2 is 1.74 bits per heavy atom. The van der Waals surface area contributed by atoms with Gasteiger partial charge in [-0.15, -0.1) is 0 Å². The Bertz CT molecular complexity index is 477. The SMILES string of the molecule is Cc1cc(C(Br)C2C(C)OC(C)C2C)c(F)cc1F. The van der Waals surface area contributed by atoms with Crippen LogP contribution in [0.25, 0.3) is 0 Å². The van der Waals surface area contributed by atoms with Crippen LogP contribution in [0.1, 0.15) is 36.7 Å². The smallest absolute Gasteiger partial charge is 0.130 e. The van der Waals surface area contributed by atoms with E-state index in [4.69, 9.17) is 4.74 Å². The summed E-state index contributed by atoms with van der Waals surface area (Å²) < 4.78 is 33.1. The zero-order chi connectivity index (χ0) is 14.3. The summed E-state index contributed by atoms with van der Waals surface area (Å²) in [5.74, 6) is -0.500. The van der Waals surface area contributed by atoms with Crippen LogP contribution in [0, 0.1) is 30.4 Å². The van der Waals surface area contributed by atoms with Gasteiger partial charge in [0, 0.05) is 22.4 Å². The largest absolute Gasteiger partial charge is 0.375 e. The second-order valence-electron chi connectivity index (χ2n) is 5.51. The molecular formula is C15H19BrF2O. The van der Waals surface area contributed by atoms with Crippen LogP contribution in [0.5, 0.6) is 0 Å². The van der Waals surface area contributed by atoms with Crippen LogP contribution >= 0.6 is 15.9 Å². The van der Waals surface area contributed by atoms with Crippen molar-refractivity contribution in [2.45, 2.75) is 44.7 Å². The molecule has 0 spiro atoms. The van der Waals surface area contributed by atoms with Crippen LogP contribution in [-0.4, -0.2) is 12.2 Å². The lowest BCUT2D eigenvalue weighted by Gasteiger charge is -2.25. The minimum absolute atomic E-state index is 0.0548. The van der Waals surface area contributed by atoms with E-state index in [1.54, 1.807) is 13.0 Å². The fraction of sp³-hybridized carbons (Fsp3) is 0.600. The van der Waals surface area contributed by atoms with E-state index < -0.39 is 11.6 Å². The molecule has 0 saturated carbocycles. The summed E-state index contributed by atoms with van der Waals surface area (Å²) in [6.07, 6.45) is 0.212. The van der Waals surface area contributed by atoms with E-state index in [2.05, 4.69) is 22.9 Å². The van der Waals surface area contributed by atoms with Crippen LogP contribution in [0.3, 0.4) is 0 Å². The molecule has 0 N–H and O–H groups in total. The van der Waals surface area contributed by atoms with Crippen LogP contribution in [-0.2, 0) is 4.74 Å². The molecule has 5 atom stereocenters. The van der Waals surface area contributed by atoms with Gasteiger partial charge in [0.2, 0.25) is 0 Å². The lowest BCUT2D eigenvalue weighted by atomic mass is 9.84. The van der Waals surface area contributed by atoms with Crippen molar-refractivity contribution in [2.24, 2.45) is 11.8 Å². The van der Waals surface area contributed by atoms with Gasteiger partial charge < -0.3 is 4.74 Å². The minimum atomic E-state index is -0.502. The summed E-state index contributed by atoms with van der Waals surface area (Å²) in [5, 5.41) is 0. The lowest BCUT2D eigenvalue weighted by Crippen LogP contribution is -2.22. The van der Waals surface area contributed by atoms with E-state index >= 15 is 0 Å². The highest BCUT2D eigenvalue weighted by atomic mass is 79.9. The molecule has 1 aromatic rings. The normalized spacial score (nSPS) is 32.6. The highest BCUT2D eigenvalue weighted by molar-refractivity contribution is 9.09. The molecule has 0 aliphatic carbocycles. The third-order valence-corrected chi connectivity index (χ3v) is 5.34. The van der Waals surface area contributed by atoms with Crippen molar-refractivity contribution >= 4 is 15.9 Å². The average Bonchev–Trinajstić information content (AvgIpc) is 2.57. The molecule has 1 nitrogen and oxygen atoms in total. The Balaban J connectivity index is 2.34. The second-order valence-corrected chi connectivity index (χ2v) is 6.49. The monoisotopic (exact) mass is 332 g/mol. The van der Waals surface area contributed by atoms with Crippen LogP contribution in [0.15, 0.2) is 12.1 Å². The van der Waals surface area contributed by atoms with Crippen LogP contribution in [0.4, 0.5) is 8.78 Å². The van der Waals surface area contributed by atoms with E-state index in [-0.39, 0.29) is 23.0 Å². The minimum Gasteiger partial charge on any atom is -0.375 e. The Labute approximate surface area is 121 Å². The molecular weight excluding hydrogens is 314 g/mol. The number of halogens is 3. The van der Waals surface area contributed by atoms with Gasteiger partial charge in [0.1, 0.15) is 11.6 Å². The van der Waals surface area contributed by atoms with Crippen LogP contribution < -0.4 is 0 Å². The number of ether oxygens (including phenoxy) is 1. The van der Waals surface area contributed by atoms with Crippen molar-refractivity contribution in [3.8, 4) is 0 Å². The number of rotatable bonds is 2. The molecule has 1 heterocycles. The molecule has 1 aliphatic heterocycles. The highest BCUT2D eigenvalue weighted by Gasteiger charge is 2.42. The van der Waals surface area contributed by atoms with E-state index in [9.17, 15) is 8.78 Å². The quantitative estimate of drug-likeness (QED) is 0.709. The molecule has 19 heavy (non-hydrogen) atoms. The maximum atomic E-state index is 14.0. The molecule has 1 saturated heterocycles. The average molecular weight is 333 g/mol. The summed E-state index contributed by atoms with van der Waals surface area (Å²) in [4.78, 5) is -0.165. The van der Waals surface area contributed by atoms with Gasteiger partial charge >= 0.3 is 0 Å². The van der Waals surface area contributed by atoms with Crippen molar-refractivity contribution in [3.05, 3.63) is 34.9 Å². The van der Waals surface area contributed by atoms with Crippen molar-refractivity contribution in [3.63, 3.8) is 0 Å². The molecule has 0 aromatic heterocycles. The first-order valence-corrected chi connectivity index (χ1v) is 7.49. The fourth-order valence-electron chi connectivity index (χ4n) is 2.90.